The van der Waals surface area contributed by atoms with Gasteiger partial charge in [-0.2, -0.15) is 0 Å². The molecule has 1 amide bonds. The molecule has 4 rings (SSSR count). The topological polar surface area (TPSA) is 94.2 Å². The van der Waals surface area contributed by atoms with Crippen molar-refractivity contribution in [3.63, 3.8) is 0 Å². The predicted molar refractivity (Wildman–Crippen MR) is 112 cm³/mol. The van der Waals surface area contributed by atoms with E-state index in [1.807, 2.05) is 38.1 Å². The maximum absolute atomic E-state index is 12.6. The van der Waals surface area contributed by atoms with Crippen LogP contribution in [-0.4, -0.2) is 40.6 Å². The number of piperidine rings is 1. The molecule has 1 aliphatic rings. The van der Waals surface area contributed by atoms with Crippen LogP contribution in [0.15, 0.2) is 34.9 Å². The Morgan fingerprint density at radius 3 is 2.97 bits per heavy atom. The van der Waals surface area contributed by atoms with Crippen molar-refractivity contribution in [2.24, 2.45) is 0 Å². The fourth-order valence-corrected chi connectivity index (χ4v) is 3.51. The number of halogens is 1. The summed E-state index contributed by atoms with van der Waals surface area (Å²) in [6, 6.07) is 7.67. The number of carbonyl (C=O) groups is 1. The third kappa shape index (κ3) is 4.54. The van der Waals surface area contributed by atoms with E-state index in [-0.39, 0.29) is 24.4 Å². The summed E-state index contributed by atoms with van der Waals surface area (Å²) in [6.45, 7) is 6.29. The van der Waals surface area contributed by atoms with Crippen LogP contribution < -0.4 is 15.4 Å². The third-order valence-electron chi connectivity index (χ3n) is 5.03. The Morgan fingerprint density at radius 1 is 1.41 bits per heavy atom. The largest absolute Gasteiger partial charge is 0.490 e. The van der Waals surface area contributed by atoms with Gasteiger partial charge in [0.25, 0.3) is 5.91 Å². The van der Waals surface area contributed by atoms with Gasteiger partial charge in [0.15, 0.2) is 17.0 Å². The highest BCUT2D eigenvalue weighted by Gasteiger charge is 2.21. The van der Waals surface area contributed by atoms with Crippen LogP contribution in [0.2, 0.25) is 0 Å². The molecule has 1 unspecified atom stereocenters. The van der Waals surface area contributed by atoms with E-state index in [0.29, 0.717) is 35.4 Å². The fraction of sp³-hybridized carbons (Fsp3) is 0.450. The molecule has 1 fully saturated rings. The quantitative estimate of drug-likeness (QED) is 0.636. The molecule has 8 nitrogen and oxygen atoms in total. The summed E-state index contributed by atoms with van der Waals surface area (Å²) in [5, 5.41) is 15.4. The summed E-state index contributed by atoms with van der Waals surface area (Å²) in [4.78, 5) is 12.6. The predicted octanol–water partition coefficient (Wildman–Crippen LogP) is 3.26. The number of amides is 1. The Balaban J connectivity index is 0.00000240. The molecule has 3 heterocycles. The Bertz CT molecular complexity index is 964. The Hall–Kier alpha value is -2.58. The van der Waals surface area contributed by atoms with Crippen LogP contribution in [-0.2, 0) is 0 Å². The van der Waals surface area contributed by atoms with Gasteiger partial charge in [-0.05, 0) is 51.9 Å². The molecule has 2 aromatic heterocycles. The first-order valence-corrected chi connectivity index (χ1v) is 9.74. The molecule has 9 heteroatoms. The second kappa shape index (κ2) is 9.28. The highest BCUT2D eigenvalue weighted by molar-refractivity contribution is 5.92. The van der Waals surface area contributed by atoms with Gasteiger partial charge in [0.05, 0.1) is 24.9 Å². The zero-order chi connectivity index (χ0) is 19.5. The molecular weight excluding hydrogens is 394 g/mol. The highest BCUT2D eigenvalue weighted by atomic mass is 35.5. The molecule has 0 spiro atoms. The normalized spacial score (nSPS) is 15.7. The number of furan rings is 1. The molecule has 1 aromatic carbocycles. The average molecular weight is 420 g/mol. The van der Waals surface area contributed by atoms with E-state index in [4.69, 9.17) is 9.15 Å². The van der Waals surface area contributed by atoms with Crippen LogP contribution in [0.25, 0.3) is 11.0 Å². The highest BCUT2D eigenvalue weighted by Crippen LogP contribution is 2.31. The van der Waals surface area contributed by atoms with E-state index in [1.54, 1.807) is 10.9 Å². The number of fused-ring (bicyclic) bond motifs is 1. The number of nitrogens with one attached hydrogen (secondary N) is 2. The van der Waals surface area contributed by atoms with E-state index in [9.17, 15) is 4.79 Å². The Morgan fingerprint density at radius 2 is 2.21 bits per heavy atom. The molecule has 3 aromatic rings. The molecule has 1 saturated heterocycles. The monoisotopic (exact) mass is 419 g/mol. The van der Waals surface area contributed by atoms with Crippen molar-refractivity contribution in [2.45, 2.75) is 38.8 Å². The van der Waals surface area contributed by atoms with Crippen LogP contribution >= 0.6 is 12.4 Å². The number of ether oxygens (including phenoxy) is 1. The zero-order valence-electron chi connectivity index (χ0n) is 16.6. The van der Waals surface area contributed by atoms with Gasteiger partial charge in [0.1, 0.15) is 5.76 Å². The van der Waals surface area contributed by atoms with Crippen molar-refractivity contribution >= 4 is 29.3 Å². The lowest BCUT2D eigenvalue weighted by atomic mass is 10.1. The SMILES string of the molecule is CCOc1cccc2cc(C(C)NC(=O)c3cn(C4CCNCC4)nn3)oc12.Cl. The number of hydrogen-bond donors (Lipinski definition) is 2. The first kappa shape index (κ1) is 21.1. The Labute approximate surface area is 175 Å². The van der Waals surface area contributed by atoms with Gasteiger partial charge >= 0.3 is 0 Å². The first-order valence-electron chi connectivity index (χ1n) is 9.74. The zero-order valence-corrected chi connectivity index (χ0v) is 17.4. The summed E-state index contributed by atoms with van der Waals surface area (Å²) >= 11 is 0. The summed E-state index contributed by atoms with van der Waals surface area (Å²) < 4.78 is 13.4. The third-order valence-corrected chi connectivity index (χ3v) is 5.03. The lowest BCUT2D eigenvalue weighted by molar-refractivity contribution is 0.0930. The fourth-order valence-electron chi connectivity index (χ4n) is 3.51. The molecule has 1 atom stereocenters. The molecule has 0 aliphatic carbocycles. The summed E-state index contributed by atoms with van der Waals surface area (Å²) in [5.74, 6) is 1.11. The van der Waals surface area contributed by atoms with Gasteiger partial charge in [-0.25, -0.2) is 4.68 Å². The maximum atomic E-state index is 12.6. The second-order valence-electron chi connectivity index (χ2n) is 7.02. The second-order valence-corrected chi connectivity index (χ2v) is 7.02. The lowest BCUT2D eigenvalue weighted by Crippen LogP contribution is -2.29. The van der Waals surface area contributed by atoms with Gasteiger partial charge in [-0.3, -0.25) is 4.79 Å². The standard InChI is InChI=1S/C20H25N5O3.ClH/c1-3-27-17-6-4-5-14-11-18(28-19(14)17)13(2)22-20(26)16-12-25(24-23-16)15-7-9-21-10-8-15;/h4-6,11-13,15,21H,3,7-10H2,1-2H3,(H,22,26);1H. The molecule has 0 radical (unpaired) electrons. The van der Waals surface area contributed by atoms with E-state index in [1.165, 1.54) is 0 Å². The summed E-state index contributed by atoms with van der Waals surface area (Å²) in [6.07, 6.45) is 3.70. The number of aromatic nitrogens is 3. The van der Waals surface area contributed by atoms with Crippen molar-refractivity contribution in [1.82, 2.24) is 25.6 Å². The number of carbonyl (C=O) groups excluding carboxylic acids is 1. The number of hydrogen-bond acceptors (Lipinski definition) is 6. The van der Waals surface area contributed by atoms with Crippen molar-refractivity contribution in [1.29, 1.82) is 0 Å². The van der Waals surface area contributed by atoms with E-state index < -0.39 is 0 Å². The molecule has 29 heavy (non-hydrogen) atoms. The Kier molecular flexibility index (Phi) is 6.76. The minimum atomic E-state index is -0.307. The number of nitrogens with zero attached hydrogens (tertiary/aromatic N) is 3. The van der Waals surface area contributed by atoms with Crippen molar-refractivity contribution in [3.05, 3.63) is 41.9 Å². The minimum Gasteiger partial charge on any atom is -0.490 e. The van der Waals surface area contributed by atoms with E-state index >= 15 is 0 Å². The molecular formula is C20H26ClN5O3. The van der Waals surface area contributed by atoms with Crippen molar-refractivity contribution < 1.29 is 13.9 Å². The summed E-state index contributed by atoms with van der Waals surface area (Å²) in [7, 11) is 0. The first-order chi connectivity index (χ1) is 13.7. The number of para-hydroxylation sites is 1. The van der Waals surface area contributed by atoms with Gasteiger partial charge in [-0.15, -0.1) is 17.5 Å². The van der Waals surface area contributed by atoms with Crippen molar-refractivity contribution in [2.75, 3.05) is 19.7 Å². The van der Waals surface area contributed by atoms with Gasteiger partial charge in [0.2, 0.25) is 0 Å². The molecule has 156 valence electrons. The van der Waals surface area contributed by atoms with Crippen LogP contribution in [0.1, 0.15) is 55.0 Å². The number of benzene rings is 1. The average Bonchev–Trinajstić information content (AvgIpc) is 3.37. The lowest BCUT2D eigenvalue weighted by Gasteiger charge is -2.22. The summed E-state index contributed by atoms with van der Waals surface area (Å²) in [5.41, 5.74) is 1.01. The molecule has 2 N–H and O–H groups in total. The van der Waals surface area contributed by atoms with Gasteiger partial charge < -0.3 is 19.8 Å². The van der Waals surface area contributed by atoms with E-state index in [0.717, 1.165) is 31.3 Å². The minimum absolute atomic E-state index is 0. The smallest absolute Gasteiger partial charge is 0.274 e. The number of rotatable bonds is 6. The maximum Gasteiger partial charge on any atom is 0.274 e. The van der Waals surface area contributed by atoms with Gasteiger partial charge in [0, 0.05) is 5.39 Å². The van der Waals surface area contributed by atoms with E-state index in [2.05, 4.69) is 20.9 Å². The molecule has 1 aliphatic heterocycles. The molecule has 0 saturated carbocycles. The van der Waals surface area contributed by atoms with Gasteiger partial charge in [-0.1, -0.05) is 17.3 Å². The van der Waals surface area contributed by atoms with Crippen LogP contribution in [0, 0.1) is 0 Å². The van der Waals surface area contributed by atoms with Crippen LogP contribution in [0.3, 0.4) is 0 Å². The van der Waals surface area contributed by atoms with Crippen LogP contribution in [0.4, 0.5) is 0 Å². The van der Waals surface area contributed by atoms with Crippen molar-refractivity contribution in [3.8, 4) is 5.75 Å². The van der Waals surface area contributed by atoms with Crippen LogP contribution in [0.5, 0.6) is 5.75 Å². The molecule has 0 bridgehead atoms.